The lowest BCUT2D eigenvalue weighted by Gasteiger charge is -2.37. The first-order valence-electron chi connectivity index (χ1n) is 6.04. The molecule has 0 saturated carbocycles. The number of rotatable bonds is 3. The molecule has 0 saturated heterocycles. The number of anilines is 1. The van der Waals surface area contributed by atoms with Crippen molar-refractivity contribution in [3.05, 3.63) is 23.8 Å². The Kier molecular flexibility index (Phi) is 2.83. The van der Waals surface area contributed by atoms with Crippen LogP contribution in [-0.4, -0.2) is 19.2 Å². The molecule has 0 bridgehead atoms. The van der Waals surface area contributed by atoms with E-state index in [0.29, 0.717) is 0 Å². The molecule has 0 spiro atoms. The molecule has 0 aliphatic carbocycles. The Morgan fingerprint density at radius 2 is 2.12 bits per heavy atom. The van der Waals surface area contributed by atoms with Gasteiger partial charge in [0.15, 0.2) is 0 Å². The van der Waals surface area contributed by atoms with Gasteiger partial charge in [0.2, 0.25) is 0 Å². The fraction of sp³-hybridized carbons (Fsp3) is 0.571. The van der Waals surface area contributed by atoms with Crippen LogP contribution in [0, 0.1) is 0 Å². The number of fused-ring (bicyclic) bond motifs is 1. The van der Waals surface area contributed by atoms with Gasteiger partial charge in [-0.1, -0.05) is 6.92 Å². The molecule has 16 heavy (non-hydrogen) atoms. The second-order valence-corrected chi connectivity index (χ2v) is 5.12. The first-order chi connectivity index (χ1) is 7.54. The highest BCUT2D eigenvalue weighted by Crippen LogP contribution is 2.32. The summed E-state index contributed by atoms with van der Waals surface area (Å²) in [5.74, 6) is 1.06. The molecule has 0 atom stereocenters. The molecule has 0 unspecified atom stereocenters. The van der Waals surface area contributed by atoms with Crippen molar-refractivity contribution in [3.63, 3.8) is 0 Å². The molecule has 1 aromatic rings. The Morgan fingerprint density at radius 3 is 2.81 bits per heavy atom. The van der Waals surface area contributed by atoms with Crippen LogP contribution in [0.3, 0.4) is 0 Å². The Morgan fingerprint density at radius 1 is 1.38 bits per heavy atom. The maximum atomic E-state index is 5.53. The van der Waals surface area contributed by atoms with Crippen molar-refractivity contribution in [2.45, 2.75) is 39.2 Å². The predicted octanol–water partition coefficient (Wildman–Crippen LogP) is 3.25. The Hall–Kier alpha value is -1.18. The summed E-state index contributed by atoms with van der Waals surface area (Å²) in [7, 11) is 2.17. The summed E-state index contributed by atoms with van der Waals surface area (Å²) < 4.78 is 5.53. The summed E-state index contributed by atoms with van der Waals surface area (Å²) in [5.41, 5.74) is 2.83. The van der Waals surface area contributed by atoms with Crippen molar-refractivity contribution in [1.82, 2.24) is 0 Å². The van der Waals surface area contributed by atoms with Gasteiger partial charge in [-0.3, -0.25) is 0 Å². The maximum Gasteiger partial charge on any atom is 0.122 e. The van der Waals surface area contributed by atoms with E-state index in [9.17, 15) is 0 Å². The summed E-state index contributed by atoms with van der Waals surface area (Å²) in [4.78, 5) is 2.35. The first-order valence-corrected chi connectivity index (χ1v) is 6.04. The molecular formula is C14H21NO. The van der Waals surface area contributed by atoms with E-state index in [1.54, 1.807) is 0 Å². The van der Waals surface area contributed by atoms with Crippen LogP contribution in [-0.2, 0) is 6.42 Å². The fourth-order valence-electron chi connectivity index (χ4n) is 1.97. The van der Waals surface area contributed by atoms with Gasteiger partial charge in [-0.15, -0.1) is 0 Å². The summed E-state index contributed by atoms with van der Waals surface area (Å²) in [6.07, 6.45) is 2.18. The lowest BCUT2D eigenvalue weighted by Crippen LogP contribution is -2.40. The van der Waals surface area contributed by atoms with E-state index in [0.717, 1.165) is 25.2 Å². The minimum atomic E-state index is 0.202. The van der Waals surface area contributed by atoms with E-state index in [1.165, 1.54) is 11.3 Å². The van der Waals surface area contributed by atoms with Crippen LogP contribution in [0.4, 0.5) is 5.69 Å². The molecule has 0 radical (unpaired) electrons. The van der Waals surface area contributed by atoms with Crippen molar-refractivity contribution in [1.29, 1.82) is 0 Å². The highest BCUT2D eigenvalue weighted by Gasteiger charge is 2.22. The van der Waals surface area contributed by atoms with Gasteiger partial charge in [0.25, 0.3) is 0 Å². The molecule has 88 valence electrons. The number of benzene rings is 1. The lowest BCUT2D eigenvalue weighted by atomic mass is 9.98. The molecule has 0 N–H and O–H groups in total. The van der Waals surface area contributed by atoms with Gasteiger partial charge in [0.1, 0.15) is 5.75 Å². The van der Waals surface area contributed by atoms with E-state index in [2.05, 4.69) is 50.9 Å². The van der Waals surface area contributed by atoms with Crippen LogP contribution in [0.2, 0.25) is 0 Å². The van der Waals surface area contributed by atoms with Gasteiger partial charge in [-0.2, -0.15) is 0 Å². The molecule has 1 aromatic carbocycles. The standard InChI is InChI=1S/C14H21NO/c1-5-14(2,3)15(4)12-6-7-13-11(10-12)8-9-16-13/h6-7,10H,5,8-9H2,1-4H3. The number of nitrogens with zero attached hydrogens (tertiary/aromatic N) is 1. The van der Waals surface area contributed by atoms with Gasteiger partial charge >= 0.3 is 0 Å². The molecule has 1 heterocycles. The summed E-state index contributed by atoms with van der Waals surface area (Å²) in [6, 6.07) is 6.52. The SMILES string of the molecule is CCC(C)(C)N(C)c1ccc2c(c1)CCO2. The highest BCUT2D eigenvalue weighted by atomic mass is 16.5. The molecule has 2 heteroatoms. The molecule has 0 fully saturated rings. The smallest absolute Gasteiger partial charge is 0.122 e. The van der Waals surface area contributed by atoms with Gasteiger partial charge in [-0.05, 0) is 44.0 Å². The zero-order valence-corrected chi connectivity index (χ0v) is 10.7. The molecular weight excluding hydrogens is 198 g/mol. The van der Waals surface area contributed by atoms with Crippen molar-refractivity contribution in [2.24, 2.45) is 0 Å². The third kappa shape index (κ3) is 1.89. The Balaban J connectivity index is 2.28. The Bertz CT molecular complexity index is 384. The zero-order valence-electron chi connectivity index (χ0n) is 10.7. The average Bonchev–Trinajstić information content (AvgIpc) is 2.74. The third-order valence-electron chi connectivity index (χ3n) is 3.83. The van der Waals surface area contributed by atoms with Gasteiger partial charge in [-0.25, -0.2) is 0 Å². The normalized spacial score (nSPS) is 14.5. The molecule has 1 aliphatic rings. The van der Waals surface area contributed by atoms with Crippen LogP contribution in [0.25, 0.3) is 0 Å². The van der Waals surface area contributed by atoms with Gasteiger partial charge < -0.3 is 9.64 Å². The minimum absolute atomic E-state index is 0.202. The van der Waals surface area contributed by atoms with Crippen molar-refractivity contribution in [2.75, 3.05) is 18.6 Å². The maximum absolute atomic E-state index is 5.53. The van der Waals surface area contributed by atoms with Crippen LogP contribution in [0.5, 0.6) is 5.75 Å². The fourth-order valence-corrected chi connectivity index (χ4v) is 1.97. The van der Waals surface area contributed by atoms with E-state index in [4.69, 9.17) is 4.74 Å². The minimum Gasteiger partial charge on any atom is -0.493 e. The van der Waals surface area contributed by atoms with E-state index >= 15 is 0 Å². The Labute approximate surface area is 98.2 Å². The summed E-state index contributed by atoms with van der Waals surface area (Å²) in [5, 5.41) is 0. The van der Waals surface area contributed by atoms with Gasteiger partial charge in [0, 0.05) is 24.7 Å². The van der Waals surface area contributed by atoms with E-state index in [1.807, 2.05) is 0 Å². The quantitative estimate of drug-likeness (QED) is 0.773. The number of hydrogen-bond acceptors (Lipinski definition) is 2. The predicted molar refractivity (Wildman–Crippen MR) is 68.4 cm³/mol. The second kappa shape index (κ2) is 4.00. The molecule has 1 aliphatic heterocycles. The number of ether oxygens (including phenoxy) is 1. The number of hydrogen-bond donors (Lipinski definition) is 0. The second-order valence-electron chi connectivity index (χ2n) is 5.12. The molecule has 0 aromatic heterocycles. The monoisotopic (exact) mass is 219 g/mol. The largest absolute Gasteiger partial charge is 0.493 e. The van der Waals surface area contributed by atoms with Crippen LogP contribution in [0.15, 0.2) is 18.2 Å². The average molecular weight is 219 g/mol. The van der Waals surface area contributed by atoms with Crippen molar-refractivity contribution >= 4 is 5.69 Å². The lowest BCUT2D eigenvalue weighted by molar-refractivity contribution is 0.357. The third-order valence-corrected chi connectivity index (χ3v) is 3.83. The van der Waals surface area contributed by atoms with Gasteiger partial charge in [0.05, 0.1) is 6.61 Å². The molecule has 2 nitrogen and oxygen atoms in total. The topological polar surface area (TPSA) is 12.5 Å². The molecule has 2 rings (SSSR count). The van der Waals surface area contributed by atoms with E-state index in [-0.39, 0.29) is 5.54 Å². The van der Waals surface area contributed by atoms with Crippen molar-refractivity contribution < 1.29 is 4.74 Å². The summed E-state index contributed by atoms with van der Waals surface area (Å²) in [6.45, 7) is 7.61. The first kappa shape index (κ1) is 11.3. The zero-order chi connectivity index (χ0) is 11.8. The van der Waals surface area contributed by atoms with E-state index < -0.39 is 0 Å². The van der Waals surface area contributed by atoms with Crippen LogP contribution in [0.1, 0.15) is 32.8 Å². The van der Waals surface area contributed by atoms with Crippen molar-refractivity contribution in [3.8, 4) is 5.75 Å². The molecule has 0 amide bonds. The summed E-state index contributed by atoms with van der Waals surface area (Å²) >= 11 is 0. The van der Waals surface area contributed by atoms with Crippen LogP contribution < -0.4 is 9.64 Å². The highest BCUT2D eigenvalue weighted by molar-refractivity contribution is 5.55. The van der Waals surface area contributed by atoms with Crippen LogP contribution >= 0.6 is 0 Å².